The third-order valence-corrected chi connectivity index (χ3v) is 8.01. The van der Waals surface area contributed by atoms with Gasteiger partial charge in [0, 0.05) is 37.5 Å². The summed E-state index contributed by atoms with van der Waals surface area (Å²) in [5.74, 6) is -3.62. The average Bonchev–Trinajstić information content (AvgIpc) is 3.52. The lowest BCUT2D eigenvalue weighted by molar-refractivity contribution is -0.155. The zero-order valence-electron chi connectivity index (χ0n) is 21.8. The number of allylic oxidation sites excluding steroid dienone is 2. The van der Waals surface area contributed by atoms with Gasteiger partial charge < -0.3 is 21.0 Å². The molecule has 1 aromatic heterocycles. The van der Waals surface area contributed by atoms with Crippen LogP contribution in [-0.2, 0) is 28.8 Å². The van der Waals surface area contributed by atoms with Crippen LogP contribution in [0, 0.1) is 0 Å². The summed E-state index contributed by atoms with van der Waals surface area (Å²) < 4.78 is 0. The highest BCUT2D eigenvalue weighted by atomic mass is 32.1. The van der Waals surface area contributed by atoms with Gasteiger partial charge in [-0.2, -0.15) is 0 Å². The van der Waals surface area contributed by atoms with Gasteiger partial charge in [-0.15, -0.1) is 11.3 Å². The van der Waals surface area contributed by atoms with E-state index in [4.69, 9.17) is 5.73 Å². The Hall–Kier alpha value is -4.11. The van der Waals surface area contributed by atoms with Gasteiger partial charge in [-0.1, -0.05) is 11.6 Å². The standard InChI is InChI=1S/C25H29N7O7S/c1-13(33)39-29-18(16-12-40-25(26)27-16)21(34)28-19-17-6-5-14(20(24(37)38)32(17)23(19)36)11-15-7-10-31(22(15)35)30-8-3-2-4-9-30/h11-12,17,19H,2-10H2,1H3,(H2,26,27)(H,28,34)(H,37,38)/b15-11+,29-18?/t17-,19+/m1/s1. The van der Waals surface area contributed by atoms with Crippen LogP contribution in [0.5, 0.6) is 0 Å². The van der Waals surface area contributed by atoms with Crippen LogP contribution in [0.3, 0.4) is 0 Å². The second kappa shape index (κ2) is 11.2. The van der Waals surface area contributed by atoms with Gasteiger partial charge in [-0.25, -0.2) is 19.6 Å². The van der Waals surface area contributed by atoms with Crippen LogP contribution in [0.25, 0.3) is 0 Å². The Kier molecular flexibility index (Phi) is 7.67. The van der Waals surface area contributed by atoms with Gasteiger partial charge in [0.2, 0.25) is 0 Å². The van der Waals surface area contributed by atoms with E-state index >= 15 is 0 Å². The van der Waals surface area contributed by atoms with Gasteiger partial charge in [0.25, 0.3) is 17.7 Å². The van der Waals surface area contributed by atoms with E-state index in [1.807, 2.05) is 0 Å². The number of nitrogens with two attached hydrogens (primary N) is 1. The number of aliphatic carboxylic acids is 1. The normalized spacial score (nSPS) is 24.7. The molecule has 3 amide bonds. The largest absolute Gasteiger partial charge is 0.477 e. The smallest absolute Gasteiger partial charge is 0.352 e. The van der Waals surface area contributed by atoms with Crippen molar-refractivity contribution in [3.8, 4) is 0 Å². The first kappa shape index (κ1) is 27.5. The molecule has 5 heterocycles. The Morgan fingerprint density at radius 1 is 1.20 bits per heavy atom. The zero-order valence-corrected chi connectivity index (χ0v) is 22.6. The number of nitrogen functional groups attached to an aromatic ring is 1. The number of hydrazine groups is 1. The SMILES string of the molecule is CC(=O)ON=C(C(=O)N[C@@H]1C(=O)N2C(C(=O)O)=C(/C=C3\CCN(N4CCCCC4)C3=O)CC[C@H]12)c1csc(N)n1. The molecule has 0 aromatic carbocycles. The molecule has 0 radical (unpaired) electrons. The molecule has 5 rings (SSSR count). The highest BCUT2D eigenvalue weighted by Gasteiger charge is 2.53. The molecule has 0 spiro atoms. The summed E-state index contributed by atoms with van der Waals surface area (Å²) in [6.07, 6.45) is 5.98. The second-order valence-electron chi connectivity index (χ2n) is 9.90. The summed E-state index contributed by atoms with van der Waals surface area (Å²) in [5.41, 5.74) is 6.10. The van der Waals surface area contributed by atoms with E-state index in [1.165, 1.54) is 5.38 Å². The number of oxime groups is 1. The van der Waals surface area contributed by atoms with Crippen LogP contribution >= 0.6 is 11.3 Å². The van der Waals surface area contributed by atoms with E-state index < -0.39 is 35.8 Å². The summed E-state index contributed by atoms with van der Waals surface area (Å²) in [4.78, 5) is 72.6. The number of rotatable bonds is 7. The minimum absolute atomic E-state index is 0.0633. The molecule has 40 heavy (non-hydrogen) atoms. The number of carbonyl (C=O) groups is 5. The molecule has 4 aliphatic heterocycles. The number of carboxylic acid groups (broad SMARTS) is 1. The fourth-order valence-corrected chi connectivity index (χ4v) is 6.03. The predicted molar refractivity (Wildman–Crippen MR) is 141 cm³/mol. The van der Waals surface area contributed by atoms with Crippen molar-refractivity contribution in [1.29, 1.82) is 0 Å². The molecule has 1 aromatic rings. The molecule has 0 saturated carbocycles. The molecule has 3 fully saturated rings. The van der Waals surface area contributed by atoms with Crippen molar-refractivity contribution in [3.05, 3.63) is 34.0 Å². The first-order valence-corrected chi connectivity index (χ1v) is 13.9. The van der Waals surface area contributed by atoms with Crippen LogP contribution in [0.15, 0.2) is 33.5 Å². The number of β-lactam (4-membered cyclic amide) rings is 1. The molecule has 2 atom stereocenters. The van der Waals surface area contributed by atoms with Crippen molar-refractivity contribution in [1.82, 2.24) is 25.2 Å². The first-order valence-electron chi connectivity index (χ1n) is 13.0. The van der Waals surface area contributed by atoms with Crippen molar-refractivity contribution < 1.29 is 33.9 Å². The van der Waals surface area contributed by atoms with E-state index in [-0.39, 0.29) is 28.1 Å². The average molecular weight is 572 g/mol. The minimum Gasteiger partial charge on any atom is -0.477 e. The van der Waals surface area contributed by atoms with Gasteiger partial charge in [-0.3, -0.25) is 24.3 Å². The van der Waals surface area contributed by atoms with Crippen molar-refractivity contribution in [2.75, 3.05) is 25.4 Å². The number of anilines is 1. The fourth-order valence-electron chi connectivity index (χ4n) is 5.49. The lowest BCUT2D eigenvalue weighted by Gasteiger charge is -2.50. The maximum Gasteiger partial charge on any atom is 0.352 e. The Bertz CT molecular complexity index is 1360. The first-order chi connectivity index (χ1) is 19.2. The van der Waals surface area contributed by atoms with E-state index in [2.05, 4.69) is 25.3 Å². The Morgan fingerprint density at radius 2 is 1.95 bits per heavy atom. The number of hydrogen-bond donors (Lipinski definition) is 3. The second-order valence-corrected chi connectivity index (χ2v) is 10.8. The summed E-state index contributed by atoms with van der Waals surface area (Å²) in [5, 5.41) is 21.6. The van der Waals surface area contributed by atoms with Gasteiger partial charge >= 0.3 is 11.9 Å². The van der Waals surface area contributed by atoms with Gasteiger partial charge in [0.05, 0.1) is 6.04 Å². The zero-order chi connectivity index (χ0) is 28.6. The molecule has 14 nitrogen and oxygen atoms in total. The van der Waals surface area contributed by atoms with E-state index in [0.717, 1.165) is 55.5 Å². The van der Waals surface area contributed by atoms with Crippen LogP contribution in [0.2, 0.25) is 0 Å². The molecule has 0 bridgehead atoms. The Balaban J connectivity index is 1.33. The van der Waals surface area contributed by atoms with Crippen molar-refractivity contribution in [3.63, 3.8) is 0 Å². The number of piperidine rings is 1. The number of nitrogens with zero attached hydrogens (tertiary/aromatic N) is 5. The monoisotopic (exact) mass is 571 g/mol. The summed E-state index contributed by atoms with van der Waals surface area (Å²) in [7, 11) is 0. The summed E-state index contributed by atoms with van der Waals surface area (Å²) in [6.45, 7) is 3.30. The number of thiazole rings is 1. The van der Waals surface area contributed by atoms with Gasteiger partial charge in [0.1, 0.15) is 17.4 Å². The van der Waals surface area contributed by atoms with Gasteiger partial charge in [0.15, 0.2) is 10.8 Å². The Labute approximate surface area is 233 Å². The van der Waals surface area contributed by atoms with E-state index in [9.17, 15) is 29.1 Å². The van der Waals surface area contributed by atoms with Gasteiger partial charge in [-0.05, 0) is 43.8 Å². The number of amides is 3. The molecule has 0 aliphatic carbocycles. The van der Waals surface area contributed by atoms with Crippen LogP contribution in [0.4, 0.5) is 5.13 Å². The van der Waals surface area contributed by atoms with Crippen LogP contribution in [0.1, 0.15) is 51.1 Å². The molecular formula is C25H29N7O7S. The molecule has 4 aliphatic rings. The maximum absolute atomic E-state index is 13.1. The van der Waals surface area contributed by atoms with Crippen LogP contribution in [-0.4, -0.2) is 92.1 Å². The molecule has 212 valence electrons. The molecule has 0 unspecified atom stereocenters. The number of nitrogens with one attached hydrogen (secondary N) is 1. The van der Waals surface area contributed by atoms with E-state index in [1.54, 1.807) is 11.1 Å². The van der Waals surface area contributed by atoms with Crippen molar-refractivity contribution in [2.45, 2.75) is 57.5 Å². The lowest BCUT2D eigenvalue weighted by Crippen LogP contribution is -2.72. The minimum atomic E-state index is -1.29. The third kappa shape index (κ3) is 5.21. The maximum atomic E-state index is 13.1. The lowest BCUT2D eigenvalue weighted by atomic mass is 9.82. The summed E-state index contributed by atoms with van der Waals surface area (Å²) in [6, 6.07) is -1.62. The van der Waals surface area contributed by atoms with E-state index in [0.29, 0.717) is 37.0 Å². The van der Waals surface area contributed by atoms with Crippen LogP contribution < -0.4 is 11.1 Å². The molecule has 4 N–H and O–H groups in total. The van der Waals surface area contributed by atoms with Crippen molar-refractivity contribution >= 4 is 51.8 Å². The number of fused-ring (bicyclic) bond motifs is 1. The molecule has 3 saturated heterocycles. The topological polar surface area (TPSA) is 188 Å². The summed E-state index contributed by atoms with van der Waals surface area (Å²) >= 11 is 1.05. The Morgan fingerprint density at radius 3 is 2.60 bits per heavy atom. The number of hydrogen-bond acceptors (Lipinski definition) is 11. The highest BCUT2D eigenvalue weighted by Crippen LogP contribution is 2.38. The molecule has 15 heteroatoms. The number of carboxylic acids is 1. The predicted octanol–water partition coefficient (Wildman–Crippen LogP) is 0.380. The molecular weight excluding hydrogens is 542 g/mol. The number of carbonyl (C=O) groups excluding carboxylic acids is 4. The highest BCUT2D eigenvalue weighted by molar-refractivity contribution is 7.13. The fraction of sp³-hybridized carbons (Fsp3) is 0.480. The van der Waals surface area contributed by atoms with Crippen molar-refractivity contribution in [2.24, 2.45) is 5.16 Å². The quantitative estimate of drug-likeness (QED) is 0.136. The third-order valence-electron chi connectivity index (χ3n) is 7.33. The number of aromatic nitrogens is 1.